The highest BCUT2D eigenvalue weighted by molar-refractivity contribution is 7.90. The fourth-order valence-corrected chi connectivity index (χ4v) is 3.78. The molecule has 0 spiro atoms. The highest BCUT2D eigenvalue weighted by atomic mass is 32.2. The van der Waals surface area contributed by atoms with Gasteiger partial charge in [-0.3, -0.25) is 4.79 Å². The zero-order chi connectivity index (χ0) is 19.1. The molecular formula is C16H17F3N2O3S. The van der Waals surface area contributed by atoms with E-state index in [-0.39, 0.29) is 33.2 Å². The SMILES string of the molecule is Cc1nn(C)c(O)c1C(=O)c1ccc(C(F)(F)CF)c([S+](C)[O-])c1C. The number of hydrogen-bond donors (Lipinski definition) is 1. The minimum absolute atomic E-state index is 0.00462. The number of hydrogen-bond acceptors (Lipinski definition) is 4. The number of carbonyl (C=O) groups excluding carboxylic acids is 1. The van der Waals surface area contributed by atoms with E-state index in [0.717, 1.165) is 16.8 Å². The molecule has 0 radical (unpaired) electrons. The van der Waals surface area contributed by atoms with Crippen molar-refractivity contribution in [1.82, 2.24) is 9.78 Å². The van der Waals surface area contributed by atoms with Gasteiger partial charge in [0.15, 0.2) is 11.6 Å². The van der Waals surface area contributed by atoms with Crippen molar-refractivity contribution in [2.75, 3.05) is 12.9 Å². The number of carbonyl (C=O) groups is 1. The predicted octanol–water partition coefficient (Wildman–Crippen LogP) is 2.77. The first kappa shape index (κ1) is 19.3. The van der Waals surface area contributed by atoms with Gasteiger partial charge in [0.05, 0.1) is 11.3 Å². The third-order valence-electron chi connectivity index (χ3n) is 3.92. The molecule has 0 aliphatic carbocycles. The quantitative estimate of drug-likeness (QED) is 0.645. The lowest BCUT2D eigenvalue weighted by atomic mass is 9.95. The van der Waals surface area contributed by atoms with Crippen LogP contribution in [0.5, 0.6) is 5.88 Å². The summed E-state index contributed by atoms with van der Waals surface area (Å²) in [4.78, 5) is 12.5. The number of alkyl halides is 3. The molecule has 0 aliphatic rings. The van der Waals surface area contributed by atoms with E-state index in [0.29, 0.717) is 0 Å². The average Bonchev–Trinajstić information content (AvgIpc) is 2.78. The summed E-state index contributed by atoms with van der Waals surface area (Å²) in [5.41, 5.74) is -0.462. The summed E-state index contributed by atoms with van der Waals surface area (Å²) >= 11 is -1.87. The maximum Gasteiger partial charge on any atom is 0.305 e. The number of aromatic nitrogens is 2. The van der Waals surface area contributed by atoms with E-state index < -0.39 is 35.1 Å². The third kappa shape index (κ3) is 3.25. The molecule has 1 heterocycles. The van der Waals surface area contributed by atoms with Gasteiger partial charge in [0.2, 0.25) is 11.7 Å². The average molecular weight is 374 g/mol. The number of halogens is 3. The molecule has 1 aromatic heterocycles. The van der Waals surface area contributed by atoms with Crippen molar-refractivity contribution in [2.24, 2.45) is 7.05 Å². The van der Waals surface area contributed by atoms with Gasteiger partial charge in [-0.05, 0) is 37.2 Å². The van der Waals surface area contributed by atoms with Gasteiger partial charge in [-0.1, -0.05) is 0 Å². The summed E-state index contributed by atoms with van der Waals surface area (Å²) in [5.74, 6) is -4.80. The Balaban J connectivity index is 2.68. The first-order valence-corrected chi connectivity index (χ1v) is 8.77. The largest absolute Gasteiger partial charge is 0.612 e. The first-order chi connectivity index (χ1) is 11.5. The Morgan fingerprint density at radius 2 is 2.00 bits per heavy atom. The van der Waals surface area contributed by atoms with Crippen LogP contribution in [0.4, 0.5) is 13.2 Å². The third-order valence-corrected chi connectivity index (χ3v) is 5.02. The van der Waals surface area contributed by atoms with E-state index in [1.165, 1.54) is 27.2 Å². The lowest BCUT2D eigenvalue weighted by Gasteiger charge is -2.20. The molecule has 0 bridgehead atoms. The molecule has 9 heteroatoms. The molecule has 2 rings (SSSR count). The van der Waals surface area contributed by atoms with Crippen LogP contribution in [0.2, 0.25) is 0 Å². The first-order valence-electron chi connectivity index (χ1n) is 7.21. The summed E-state index contributed by atoms with van der Waals surface area (Å²) in [5, 5.41) is 13.9. The highest BCUT2D eigenvalue weighted by Gasteiger charge is 2.39. The molecule has 1 atom stereocenters. The highest BCUT2D eigenvalue weighted by Crippen LogP contribution is 2.37. The van der Waals surface area contributed by atoms with Crippen LogP contribution in [0.3, 0.4) is 0 Å². The van der Waals surface area contributed by atoms with Crippen LogP contribution >= 0.6 is 0 Å². The van der Waals surface area contributed by atoms with E-state index in [1.54, 1.807) is 0 Å². The van der Waals surface area contributed by atoms with Crippen LogP contribution in [0, 0.1) is 13.8 Å². The summed E-state index contributed by atoms with van der Waals surface area (Å²) < 4.78 is 53.4. The van der Waals surface area contributed by atoms with Crippen molar-refractivity contribution in [3.05, 3.63) is 40.1 Å². The fraction of sp³-hybridized carbons (Fsp3) is 0.375. The lowest BCUT2D eigenvalue weighted by Crippen LogP contribution is -2.22. The van der Waals surface area contributed by atoms with E-state index >= 15 is 0 Å². The molecule has 1 unspecified atom stereocenters. The summed E-state index contributed by atoms with van der Waals surface area (Å²) in [6.45, 7) is 0.948. The smallest absolute Gasteiger partial charge is 0.305 e. The summed E-state index contributed by atoms with van der Waals surface area (Å²) in [7, 11) is 1.45. The van der Waals surface area contributed by atoms with Crippen LogP contribution in [0.25, 0.3) is 0 Å². The van der Waals surface area contributed by atoms with Gasteiger partial charge in [0, 0.05) is 18.2 Å². The number of aryl methyl sites for hydroxylation is 2. The molecule has 136 valence electrons. The van der Waals surface area contributed by atoms with Gasteiger partial charge in [0.1, 0.15) is 11.8 Å². The number of benzene rings is 1. The molecule has 0 amide bonds. The maximum atomic E-state index is 13.8. The number of nitrogens with zero attached hydrogens (tertiary/aromatic N) is 2. The molecule has 0 saturated carbocycles. The Bertz CT molecular complexity index is 835. The van der Waals surface area contributed by atoms with Crippen LogP contribution in [-0.2, 0) is 24.1 Å². The Kier molecular flexibility index (Phi) is 5.19. The van der Waals surface area contributed by atoms with E-state index in [1.807, 2.05) is 0 Å². The molecule has 25 heavy (non-hydrogen) atoms. The second-order valence-corrected chi connectivity index (χ2v) is 6.96. The molecule has 1 N–H and O–H groups in total. The standard InChI is InChI=1S/C16H17F3N2O3S/c1-8-10(13(22)12-9(2)20-21(3)15(12)23)5-6-11(14(8)25(4)24)16(18,19)7-17/h5-6,23H,7H2,1-4H3. The van der Waals surface area contributed by atoms with E-state index in [4.69, 9.17) is 0 Å². The maximum absolute atomic E-state index is 13.8. The lowest BCUT2D eigenvalue weighted by molar-refractivity contribution is -0.0308. The monoisotopic (exact) mass is 374 g/mol. The van der Waals surface area contributed by atoms with Crippen molar-refractivity contribution < 1.29 is 27.6 Å². The zero-order valence-electron chi connectivity index (χ0n) is 14.1. The molecule has 2 aromatic rings. The minimum atomic E-state index is -3.81. The van der Waals surface area contributed by atoms with Crippen molar-refractivity contribution in [3.63, 3.8) is 0 Å². The normalized spacial score (nSPS) is 13.1. The second-order valence-electron chi connectivity index (χ2n) is 5.64. The topological polar surface area (TPSA) is 78.2 Å². The Labute approximate surface area is 145 Å². The number of ketones is 1. The van der Waals surface area contributed by atoms with Gasteiger partial charge in [-0.25, -0.2) is 9.07 Å². The van der Waals surface area contributed by atoms with Gasteiger partial charge in [0.25, 0.3) is 0 Å². The number of aromatic hydroxyl groups is 1. The minimum Gasteiger partial charge on any atom is -0.612 e. The summed E-state index contributed by atoms with van der Waals surface area (Å²) in [6.07, 6.45) is 1.18. The van der Waals surface area contributed by atoms with E-state index in [2.05, 4.69) is 5.10 Å². The Hall–Kier alpha value is -2.00. The number of rotatable bonds is 5. The van der Waals surface area contributed by atoms with Gasteiger partial charge in [-0.2, -0.15) is 13.9 Å². The van der Waals surface area contributed by atoms with Crippen LogP contribution in [-0.4, -0.2) is 38.2 Å². The Morgan fingerprint density at radius 1 is 1.40 bits per heavy atom. The van der Waals surface area contributed by atoms with Crippen LogP contribution in [0.1, 0.15) is 32.7 Å². The molecular weight excluding hydrogens is 357 g/mol. The second kappa shape index (κ2) is 6.72. The van der Waals surface area contributed by atoms with Crippen molar-refractivity contribution in [2.45, 2.75) is 24.7 Å². The molecule has 0 aliphatic heterocycles. The fourth-order valence-electron chi connectivity index (χ4n) is 2.71. The Morgan fingerprint density at radius 3 is 2.44 bits per heavy atom. The van der Waals surface area contributed by atoms with Crippen LogP contribution in [0.15, 0.2) is 17.0 Å². The summed E-state index contributed by atoms with van der Waals surface area (Å²) in [6, 6.07) is 2.03. The zero-order valence-corrected chi connectivity index (χ0v) is 14.9. The molecule has 1 aromatic carbocycles. The molecule has 5 nitrogen and oxygen atoms in total. The van der Waals surface area contributed by atoms with Crippen molar-refractivity contribution >= 4 is 17.0 Å². The predicted molar refractivity (Wildman–Crippen MR) is 86.4 cm³/mol. The van der Waals surface area contributed by atoms with Crippen molar-refractivity contribution in [3.8, 4) is 5.88 Å². The van der Waals surface area contributed by atoms with Gasteiger partial charge < -0.3 is 9.66 Å². The molecule has 0 fully saturated rings. The van der Waals surface area contributed by atoms with Gasteiger partial charge >= 0.3 is 5.92 Å². The molecule has 0 saturated heterocycles. The van der Waals surface area contributed by atoms with Crippen LogP contribution < -0.4 is 0 Å². The van der Waals surface area contributed by atoms with Gasteiger partial charge in [-0.15, -0.1) is 0 Å². The van der Waals surface area contributed by atoms with Crippen molar-refractivity contribution in [1.29, 1.82) is 0 Å². The van der Waals surface area contributed by atoms with E-state index in [9.17, 15) is 27.6 Å².